The number of amides is 1. The van der Waals surface area contributed by atoms with E-state index >= 15 is 0 Å². The summed E-state index contributed by atoms with van der Waals surface area (Å²) in [5, 5.41) is 1.05. The first-order valence-electron chi connectivity index (χ1n) is 9.81. The Hall–Kier alpha value is -3.60. The monoisotopic (exact) mass is 383 g/mol. The average molecular weight is 383 g/mol. The molecule has 4 aromatic rings. The van der Waals surface area contributed by atoms with Gasteiger partial charge in [-0.05, 0) is 48.5 Å². The van der Waals surface area contributed by atoms with Crippen LogP contribution in [0.1, 0.15) is 16.8 Å². The molecular weight excluding hydrogens is 362 g/mol. The Morgan fingerprint density at radius 2 is 1.76 bits per heavy atom. The number of carbonyl (C=O) groups excluding carboxylic acids is 1. The van der Waals surface area contributed by atoms with Crippen LogP contribution in [-0.4, -0.2) is 39.6 Å². The summed E-state index contributed by atoms with van der Waals surface area (Å²) in [6, 6.07) is 21.6. The number of ether oxygens (including phenoxy) is 1. The maximum absolute atomic E-state index is 12.9. The molecule has 1 amide bonds. The lowest BCUT2D eigenvalue weighted by Crippen LogP contribution is -2.30. The Morgan fingerprint density at radius 3 is 2.59 bits per heavy atom. The van der Waals surface area contributed by atoms with Crippen molar-refractivity contribution in [3.63, 3.8) is 0 Å². The van der Waals surface area contributed by atoms with Crippen molar-refractivity contribution in [1.29, 1.82) is 0 Å². The smallest absolute Gasteiger partial charge is 0.253 e. The van der Waals surface area contributed by atoms with E-state index in [4.69, 9.17) is 4.74 Å². The number of hydrogen-bond acceptors (Lipinski definition) is 3. The predicted octanol–water partition coefficient (Wildman–Crippen LogP) is 4.32. The molecule has 1 atom stereocenters. The van der Waals surface area contributed by atoms with E-state index in [-0.39, 0.29) is 12.0 Å². The second-order valence-corrected chi connectivity index (χ2v) is 7.25. The molecule has 0 N–H and O–H groups in total. The molecule has 0 bridgehead atoms. The van der Waals surface area contributed by atoms with Gasteiger partial charge in [0.05, 0.1) is 6.54 Å². The van der Waals surface area contributed by atoms with Gasteiger partial charge in [0.15, 0.2) is 0 Å². The highest BCUT2D eigenvalue weighted by molar-refractivity contribution is 5.94. The van der Waals surface area contributed by atoms with Gasteiger partial charge < -0.3 is 14.2 Å². The molecule has 2 aromatic heterocycles. The van der Waals surface area contributed by atoms with E-state index in [1.807, 2.05) is 88.6 Å². The molecule has 1 aliphatic rings. The molecule has 0 radical (unpaired) electrons. The van der Waals surface area contributed by atoms with Gasteiger partial charge in [-0.2, -0.15) is 0 Å². The molecule has 2 aromatic carbocycles. The Kier molecular flexibility index (Phi) is 4.48. The van der Waals surface area contributed by atoms with Crippen LogP contribution in [0.4, 0.5) is 0 Å². The summed E-state index contributed by atoms with van der Waals surface area (Å²) >= 11 is 0. The topological polar surface area (TPSA) is 47.4 Å². The van der Waals surface area contributed by atoms with Gasteiger partial charge in [0, 0.05) is 48.2 Å². The second kappa shape index (κ2) is 7.43. The van der Waals surface area contributed by atoms with Gasteiger partial charge in [0.25, 0.3) is 5.91 Å². The maximum atomic E-state index is 12.9. The molecule has 1 fully saturated rings. The van der Waals surface area contributed by atoms with Gasteiger partial charge in [-0.3, -0.25) is 9.78 Å². The third kappa shape index (κ3) is 3.47. The second-order valence-electron chi connectivity index (χ2n) is 7.25. The lowest BCUT2D eigenvalue weighted by molar-refractivity contribution is 0.0773. The zero-order valence-electron chi connectivity index (χ0n) is 15.9. The normalized spacial score (nSPS) is 16.3. The number of hydrogen-bond donors (Lipinski definition) is 0. The lowest BCUT2D eigenvalue weighted by Gasteiger charge is -2.18. The zero-order chi connectivity index (χ0) is 19.6. The van der Waals surface area contributed by atoms with Gasteiger partial charge in [-0.25, -0.2) is 0 Å². The van der Waals surface area contributed by atoms with E-state index in [0.717, 1.165) is 28.8 Å². The fourth-order valence-corrected chi connectivity index (χ4v) is 3.83. The van der Waals surface area contributed by atoms with Crippen molar-refractivity contribution in [3.05, 3.63) is 90.9 Å². The lowest BCUT2D eigenvalue weighted by atomic mass is 10.2. The number of pyridine rings is 1. The van der Waals surface area contributed by atoms with Crippen LogP contribution in [0.5, 0.6) is 5.75 Å². The number of likely N-dealkylation sites (tertiary alicyclic amines) is 1. The van der Waals surface area contributed by atoms with E-state index < -0.39 is 0 Å². The molecule has 1 unspecified atom stereocenters. The van der Waals surface area contributed by atoms with Crippen molar-refractivity contribution in [2.75, 3.05) is 13.1 Å². The van der Waals surface area contributed by atoms with E-state index in [2.05, 4.69) is 4.98 Å². The number of nitrogens with zero attached hydrogens (tertiary/aromatic N) is 3. The highest BCUT2D eigenvalue weighted by Crippen LogP contribution is 2.26. The number of aromatic nitrogens is 2. The van der Waals surface area contributed by atoms with Gasteiger partial charge in [-0.1, -0.05) is 18.2 Å². The molecular formula is C24H21N3O2. The van der Waals surface area contributed by atoms with E-state index in [0.29, 0.717) is 18.7 Å². The quantitative estimate of drug-likeness (QED) is 0.527. The first-order chi connectivity index (χ1) is 14.3. The van der Waals surface area contributed by atoms with Crippen LogP contribution < -0.4 is 4.74 Å². The summed E-state index contributed by atoms with van der Waals surface area (Å²) < 4.78 is 8.23. The summed E-state index contributed by atoms with van der Waals surface area (Å²) in [6.45, 7) is 1.28. The van der Waals surface area contributed by atoms with Crippen molar-refractivity contribution in [2.24, 2.45) is 0 Å². The highest BCUT2D eigenvalue weighted by atomic mass is 16.5. The van der Waals surface area contributed by atoms with Crippen molar-refractivity contribution >= 4 is 16.8 Å². The third-order valence-electron chi connectivity index (χ3n) is 5.34. The third-order valence-corrected chi connectivity index (χ3v) is 5.34. The minimum Gasteiger partial charge on any atom is -0.486 e. The van der Waals surface area contributed by atoms with Crippen LogP contribution in [0.3, 0.4) is 0 Å². The minimum atomic E-state index is -0.0225. The Labute approximate surface area is 169 Å². The van der Waals surface area contributed by atoms with Crippen LogP contribution in [0.25, 0.3) is 16.6 Å². The number of fused-ring (bicyclic) bond motifs is 1. The van der Waals surface area contributed by atoms with Crippen molar-refractivity contribution in [3.8, 4) is 11.4 Å². The maximum Gasteiger partial charge on any atom is 0.253 e. The summed E-state index contributed by atoms with van der Waals surface area (Å²) in [6.07, 6.45) is 6.54. The zero-order valence-corrected chi connectivity index (χ0v) is 15.9. The standard InChI is InChI=1S/C24H21N3O2/c28-24(19-8-10-20(11-9-19)26-14-1-2-15-26)27-16-12-21(17-27)29-22-7-3-5-18-6-4-13-25-23(18)22/h1-11,13-15,21H,12,16-17H2. The van der Waals surface area contributed by atoms with Gasteiger partial charge in [0.1, 0.15) is 17.4 Å². The van der Waals surface area contributed by atoms with Gasteiger partial charge >= 0.3 is 0 Å². The Balaban J connectivity index is 1.27. The number of para-hydroxylation sites is 1. The van der Waals surface area contributed by atoms with Crippen molar-refractivity contribution in [2.45, 2.75) is 12.5 Å². The van der Waals surface area contributed by atoms with Crippen LogP contribution in [0.15, 0.2) is 85.3 Å². The van der Waals surface area contributed by atoms with Crippen LogP contribution in [-0.2, 0) is 0 Å². The summed E-state index contributed by atoms with van der Waals surface area (Å²) in [5.41, 5.74) is 2.60. The summed E-state index contributed by atoms with van der Waals surface area (Å²) in [5.74, 6) is 0.824. The van der Waals surface area contributed by atoms with Crippen LogP contribution in [0, 0.1) is 0 Å². The van der Waals surface area contributed by atoms with Gasteiger partial charge in [-0.15, -0.1) is 0 Å². The first kappa shape index (κ1) is 17.5. The van der Waals surface area contributed by atoms with Crippen molar-refractivity contribution < 1.29 is 9.53 Å². The first-order valence-corrected chi connectivity index (χ1v) is 9.81. The molecule has 1 aliphatic heterocycles. The SMILES string of the molecule is O=C(c1ccc(-n2cccc2)cc1)N1CCC(Oc2cccc3cccnc23)C1. The highest BCUT2D eigenvalue weighted by Gasteiger charge is 2.28. The molecule has 3 heterocycles. The molecule has 29 heavy (non-hydrogen) atoms. The molecule has 0 saturated carbocycles. The average Bonchev–Trinajstić information content (AvgIpc) is 3.46. The number of carbonyl (C=O) groups is 1. The van der Waals surface area contributed by atoms with Gasteiger partial charge in [0.2, 0.25) is 0 Å². The fraction of sp³-hybridized carbons (Fsp3) is 0.167. The molecule has 5 nitrogen and oxygen atoms in total. The molecule has 0 aliphatic carbocycles. The van der Waals surface area contributed by atoms with E-state index in [1.54, 1.807) is 6.20 Å². The van der Waals surface area contributed by atoms with E-state index in [9.17, 15) is 4.79 Å². The molecule has 1 saturated heterocycles. The Morgan fingerprint density at radius 1 is 0.966 bits per heavy atom. The Bertz CT molecular complexity index is 1130. The van der Waals surface area contributed by atoms with E-state index in [1.165, 1.54) is 0 Å². The van der Waals surface area contributed by atoms with Crippen LogP contribution in [0.2, 0.25) is 0 Å². The largest absolute Gasteiger partial charge is 0.486 e. The summed E-state index contributed by atoms with van der Waals surface area (Å²) in [7, 11) is 0. The molecule has 5 rings (SSSR count). The molecule has 144 valence electrons. The number of rotatable bonds is 4. The predicted molar refractivity (Wildman–Crippen MR) is 112 cm³/mol. The summed E-state index contributed by atoms with van der Waals surface area (Å²) in [4.78, 5) is 19.2. The molecule has 0 spiro atoms. The number of benzene rings is 2. The molecule has 5 heteroatoms. The van der Waals surface area contributed by atoms with Crippen molar-refractivity contribution in [1.82, 2.24) is 14.5 Å². The fourth-order valence-electron chi connectivity index (χ4n) is 3.83. The van der Waals surface area contributed by atoms with Crippen LogP contribution >= 0.6 is 0 Å². The minimum absolute atomic E-state index is 0.0225.